The molecule has 0 bridgehead atoms. The van der Waals surface area contributed by atoms with Crippen LogP contribution >= 0.6 is 0 Å². The summed E-state index contributed by atoms with van der Waals surface area (Å²) in [5, 5.41) is 0. The van der Waals surface area contributed by atoms with Gasteiger partial charge in [-0.2, -0.15) is 0 Å². The summed E-state index contributed by atoms with van der Waals surface area (Å²) in [6.07, 6.45) is 6.20. The molecule has 0 amide bonds. The molecule has 0 aromatic carbocycles. The maximum absolute atomic E-state index is 5.49. The van der Waals surface area contributed by atoms with E-state index in [-0.39, 0.29) is 0 Å². The van der Waals surface area contributed by atoms with E-state index in [9.17, 15) is 0 Å². The Morgan fingerprint density at radius 3 is 2.69 bits per heavy atom. The van der Waals surface area contributed by atoms with Gasteiger partial charge in [-0.15, -0.1) is 0 Å². The van der Waals surface area contributed by atoms with Crippen LogP contribution in [0.5, 0.6) is 0 Å². The maximum Gasteiger partial charge on any atom is 0.0481 e. The number of nitrogens with two attached hydrogens (primary N) is 1. The second-order valence-corrected chi connectivity index (χ2v) is 3.87. The highest BCUT2D eigenvalue weighted by molar-refractivity contribution is 4.80. The van der Waals surface area contributed by atoms with E-state index in [1.165, 1.54) is 19.3 Å². The Kier molecular flexibility index (Phi) is 5.35. The fourth-order valence-electron chi connectivity index (χ4n) is 1.75. The molecule has 1 saturated carbocycles. The molecule has 1 aliphatic carbocycles. The van der Waals surface area contributed by atoms with E-state index in [4.69, 9.17) is 10.6 Å². The van der Waals surface area contributed by atoms with Gasteiger partial charge < -0.3 is 4.74 Å². The molecule has 0 aliphatic heterocycles. The lowest BCUT2D eigenvalue weighted by Crippen LogP contribution is -2.44. The number of ether oxygens (including phenoxy) is 1. The second kappa shape index (κ2) is 6.35. The highest BCUT2D eigenvalue weighted by Gasteiger charge is 2.25. The van der Waals surface area contributed by atoms with Gasteiger partial charge in [0.1, 0.15) is 0 Å². The van der Waals surface area contributed by atoms with Crippen LogP contribution in [-0.4, -0.2) is 19.3 Å². The maximum atomic E-state index is 5.49. The molecule has 0 radical (unpaired) electrons. The average molecular weight is 186 g/mol. The summed E-state index contributed by atoms with van der Waals surface area (Å²) >= 11 is 0. The van der Waals surface area contributed by atoms with E-state index in [1.54, 1.807) is 0 Å². The Morgan fingerprint density at radius 2 is 2.23 bits per heavy atom. The minimum Gasteiger partial charge on any atom is -0.381 e. The van der Waals surface area contributed by atoms with Crippen LogP contribution in [0.4, 0.5) is 0 Å². The first-order chi connectivity index (χ1) is 6.38. The summed E-state index contributed by atoms with van der Waals surface area (Å²) in [6, 6.07) is 0.477. The fourth-order valence-corrected chi connectivity index (χ4v) is 1.75. The van der Waals surface area contributed by atoms with Gasteiger partial charge in [0.05, 0.1) is 0 Å². The molecular formula is C10H22N2O. The van der Waals surface area contributed by atoms with Gasteiger partial charge in [0.15, 0.2) is 0 Å². The molecule has 1 fully saturated rings. The Bertz CT molecular complexity index is 126. The highest BCUT2D eigenvalue weighted by Crippen LogP contribution is 2.30. The molecule has 0 heterocycles. The molecule has 3 N–H and O–H groups in total. The molecule has 1 atom stereocenters. The SMILES string of the molecule is CCCOCCC(NN)C1CCC1. The van der Waals surface area contributed by atoms with Crippen LogP contribution in [-0.2, 0) is 4.74 Å². The standard InChI is InChI=1S/C10H22N2O/c1-2-7-13-8-6-10(12-11)9-4-3-5-9/h9-10,12H,2-8,11H2,1H3. The van der Waals surface area contributed by atoms with Crippen molar-refractivity contribution in [2.75, 3.05) is 13.2 Å². The molecule has 0 aromatic heterocycles. The quantitative estimate of drug-likeness (QED) is 0.359. The van der Waals surface area contributed by atoms with E-state index in [2.05, 4.69) is 12.3 Å². The van der Waals surface area contributed by atoms with Crippen LogP contribution in [0.15, 0.2) is 0 Å². The van der Waals surface area contributed by atoms with Crippen molar-refractivity contribution in [1.82, 2.24) is 5.43 Å². The topological polar surface area (TPSA) is 47.3 Å². The second-order valence-electron chi connectivity index (χ2n) is 3.87. The summed E-state index contributed by atoms with van der Waals surface area (Å²) in [5.41, 5.74) is 2.90. The van der Waals surface area contributed by atoms with E-state index in [1.807, 2.05) is 0 Å². The molecule has 0 spiro atoms. The van der Waals surface area contributed by atoms with E-state index < -0.39 is 0 Å². The van der Waals surface area contributed by atoms with Crippen LogP contribution in [0, 0.1) is 5.92 Å². The van der Waals surface area contributed by atoms with Crippen LogP contribution in [0.3, 0.4) is 0 Å². The van der Waals surface area contributed by atoms with Gasteiger partial charge in [-0.1, -0.05) is 13.3 Å². The smallest absolute Gasteiger partial charge is 0.0481 e. The van der Waals surface area contributed by atoms with Crippen molar-refractivity contribution >= 4 is 0 Å². The molecule has 0 saturated heterocycles. The Balaban J connectivity index is 2.02. The van der Waals surface area contributed by atoms with Crippen molar-refractivity contribution in [3.8, 4) is 0 Å². The molecule has 3 heteroatoms. The van der Waals surface area contributed by atoms with Crippen LogP contribution in [0.1, 0.15) is 39.0 Å². The average Bonchev–Trinajstić information content (AvgIpc) is 2.07. The van der Waals surface area contributed by atoms with Crippen molar-refractivity contribution in [2.45, 2.75) is 45.1 Å². The fraction of sp³-hybridized carbons (Fsp3) is 1.00. The van der Waals surface area contributed by atoms with E-state index in [0.717, 1.165) is 32.0 Å². The summed E-state index contributed by atoms with van der Waals surface area (Å²) in [5.74, 6) is 6.29. The molecule has 0 aromatic rings. The molecule has 1 unspecified atom stereocenters. The first kappa shape index (κ1) is 11.0. The van der Waals surface area contributed by atoms with Crippen molar-refractivity contribution < 1.29 is 4.74 Å². The summed E-state index contributed by atoms with van der Waals surface area (Å²) in [7, 11) is 0. The van der Waals surface area contributed by atoms with Crippen LogP contribution in [0.2, 0.25) is 0 Å². The lowest BCUT2D eigenvalue weighted by atomic mass is 9.79. The van der Waals surface area contributed by atoms with Gasteiger partial charge in [0.25, 0.3) is 0 Å². The Morgan fingerprint density at radius 1 is 1.46 bits per heavy atom. The molecule has 13 heavy (non-hydrogen) atoms. The zero-order valence-corrected chi connectivity index (χ0v) is 8.59. The van der Waals surface area contributed by atoms with Crippen molar-refractivity contribution in [3.05, 3.63) is 0 Å². The first-order valence-electron chi connectivity index (χ1n) is 5.42. The van der Waals surface area contributed by atoms with Crippen LogP contribution in [0.25, 0.3) is 0 Å². The summed E-state index contributed by atoms with van der Waals surface area (Å²) < 4.78 is 5.44. The van der Waals surface area contributed by atoms with E-state index in [0.29, 0.717) is 6.04 Å². The largest absolute Gasteiger partial charge is 0.381 e. The molecule has 1 aliphatic rings. The summed E-state index contributed by atoms with van der Waals surface area (Å²) in [4.78, 5) is 0. The van der Waals surface area contributed by atoms with Gasteiger partial charge in [-0.3, -0.25) is 11.3 Å². The van der Waals surface area contributed by atoms with Crippen molar-refractivity contribution in [3.63, 3.8) is 0 Å². The number of hydrogen-bond donors (Lipinski definition) is 2. The Hall–Kier alpha value is -0.120. The number of rotatable bonds is 7. The number of hydrazine groups is 1. The number of hydrogen-bond acceptors (Lipinski definition) is 3. The third kappa shape index (κ3) is 3.63. The van der Waals surface area contributed by atoms with Gasteiger partial charge in [0.2, 0.25) is 0 Å². The number of nitrogens with one attached hydrogen (secondary N) is 1. The highest BCUT2D eigenvalue weighted by atomic mass is 16.5. The molecule has 3 nitrogen and oxygen atoms in total. The molecular weight excluding hydrogens is 164 g/mol. The van der Waals surface area contributed by atoms with Gasteiger partial charge in [0, 0.05) is 19.3 Å². The third-order valence-electron chi connectivity index (χ3n) is 2.85. The lowest BCUT2D eigenvalue weighted by molar-refractivity contribution is 0.107. The lowest BCUT2D eigenvalue weighted by Gasteiger charge is -2.33. The van der Waals surface area contributed by atoms with Crippen molar-refractivity contribution in [2.24, 2.45) is 11.8 Å². The molecule has 78 valence electrons. The van der Waals surface area contributed by atoms with Gasteiger partial charge >= 0.3 is 0 Å². The zero-order valence-electron chi connectivity index (χ0n) is 8.59. The van der Waals surface area contributed by atoms with Crippen LogP contribution < -0.4 is 11.3 Å². The van der Waals surface area contributed by atoms with Gasteiger partial charge in [-0.25, -0.2) is 0 Å². The normalized spacial score (nSPS) is 19.8. The zero-order chi connectivity index (χ0) is 9.52. The third-order valence-corrected chi connectivity index (χ3v) is 2.85. The van der Waals surface area contributed by atoms with E-state index >= 15 is 0 Å². The molecule has 1 rings (SSSR count). The first-order valence-corrected chi connectivity index (χ1v) is 5.42. The minimum atomic E-state index is 0.477. The van der Waals surface area contributed by atoms with Crippen molar-refractivity contribution in [1.29, 1.82) is 0 Å². The predicted octanol–water partition coefficient (Wildman–Crippen LogP) is 1.44. The van der Waals surface area contributed by atoms with Gasteiger partial charge in [-0.05, 0) is 31.6 Å². The predicted molar refractivity (Wildman–Crippen MR) is 54.2 cm³/mol. The Labute approximate surface area is 81.0 Å². The summed E-state index contributed by atoms with van der Waals surface area (Å²) in [6.45, 7) is 3.85. The minimum absolute atomic E-state index is 0.477. The monoisotopic (exact) mass is 186 g/mol.